The summed E-state index contributed by atoms with van der Waals surface area (Å²) >= 11 is 1.24. The fourth-order valence-electron chi connectivity index (χ4n) is 2.24. The van der Waals surface area contributed by atoms with E-state index >= 15 is 0 Å². The molecule has 3 rings (SSSR count). The molecule has 0 bridgehead atoms. The van der Waals surface area contributed by atoms with Crippen molar-refractivity contribution in [2.24, 2.45) is 0 Å². The van der Waals surface area contributed by atoms with Gasteiger partial charge in [-0.3, -0.25) is 9.36 Å². The van der Waals surface area contributed by atoms with E-state index in [0.29, 0.717) is 10.5 Å². The van der Waals surface area contributed by atoms with E-state index in [1.165, 1.54) is 48.3 Å². The standard InChI is InChI=1S/C15H10F3N3OS/c1-23-14-19-8-9-6-7-12(22)21(13(9)20-14)11-5-3-2-4-10(11)15(16,17)18/h2-8H,1H3. The van der Waals surface area contributed by atoms with Crippen molar-refractivity contribution in [2.75, 3.05) is 6.26 Å². The quantitative estimate of drug-likeness (QED) is 0.530. The van der Waals surface area contributed by atoms with Gasteiger partial charge in [0, 0.05) is 17.6 Å². The zero-order valence-electron chi connectivity index (χ0n) is 11.8. The highest BCUT2D eigenvalue weighted by molar-refractivity contribution is 7.98. The Balaban J connectivity index is 2.41. The van der Waals surface area contributed by atoms with Gasteiger partial charge in [-0.25, -0.2) is 9.97 Å². The molecular weight excluding hydrogens is 327 g/mol. The molecule has 3 aromatic rings. The molecule has 118 valence electrons. The van der Waals surface area contributed by atoms with Crippen LogP contribution in [0.4, 0.5) is 13.2 Å². The Morgan fingerprint density at radius 2 is 1.87 bits per heavy atom. The van der Waals surface area contributed by atoms with Crippen LogP contribution in [0.15, 0.2) is 52.5 Å². The van der Waals surface area contributed by atoms with Gasteiger partial charge in [0.1, 0.15) is 0 Å². The van der Waals surface area contributed by atoms with Gasteiger partial charge in [0.2, 0.25) is 0 Å². The monoisotopic (exact) mass is 337 g/mol. The number of alkyl halides is 3. The molecule has 1 aromatic carbocycles. The van der Waals surface area contributed by atoms with Crippen LogP contribution in [-0.2, 0) is 6.18 Å². The summed E-state index contributed by atoms with van der Waals surface area (Å²) in [4.78, 5) is 20.5. The van der Waals surface area contributed by atoms with E-state index < -0.39 is 17.3 Å². The number of aromatic nitrogens is 3. The molecular formula is C15H10F3N3OS. The Morgan fingerprint density at radius 3 is 2.57 bits per heavy atom. The maximum Gasteiger partial charge on any atom is 0.418 e. The van der Waals surface area contributed by atoms with Gasteiger partial charge in [0.05, 0.1) is 11.3 Å². The topological polar surface area (TPSA) is 47.8 Å². The number of thioether (sulfide) groups is 1. The molecule has 0 unspecified atom stereocenters. The van der Waals surface area contributed by atoms with Crippen molar-refractivity contribution in [2.45, 2.75) is 11.3 Å². The average molecular weight is 337 g/mol. The summed E-state index contributed by atoms with van der Waals surface area (Å²) in [6.07, 6.45) is -1.34. The van der Waals surface area contributed by atoms with Gasteiger partial charge < -0.3 is 0 Å². The van der Waals surface area contributed by atoms with Crippen LogP contribution in [0.2, 0.25) is 0 Å². The number of halogens is 3. The van der Waals surface area contributed by atoms with Crippen molar-refractivity contribution in [3.05, 3.63) is 58.5 Å². The van der Waals surface area contributed by atoms with Crippen LogP contribution in [-0.4, -0.2) is 20.8 Å². The SMILES string of the molecule is CSc1ncc2ccc(=O)n(-c3ccccc3C(F)(F)F)c2n1. The smallest absolute Gasteiger partial charge is 0.269 e. The van der Waals surface area contributed by atoms with Gasteiger partial charge in [-0.1, -0.05) is 23.9 Å². The first-order valence-electron chi connectivity index (χ1n) is 6.51. The summed E-state index contributed by atoms with van der Waals surface area (Å²) in [7, 11) is 0. The summed E-state index contributed by atoms with van der Waals surface area (Å²) < 4.78 is 40.7. The molecule has 0 saturated carbocycles. The van der Waals surface area contributed by atoms with E-state index in [1.807, 2.05) is 0 Å². The second kappa shape index (κ2) is 5.69. The lowest BCUT2D eigenvalue weighted by atomic mass is 10.1. The number of hydrogen-bond donors (Lipinski definition) is 0. The number of hydrogen-bond acceptors (Lipinski definition) is 4. The van der Waals surface area contributed by atoms with E-state index in [4.69, 9.17) is 0 Å². The third-order valence-electron chi connectivity index (χ3n) is 3.24. The summed E-state index contributed by atoms with van der Waals surface area (Å²) in [5.74, 6) is 0. The second-order valence-corrected chi connectivity index (χ2v) is 5.43. The highest BCUT2D eigenvalue weighted by Gasteiger charge is 2.34. The number of fused-ring (bicyclic) bond motifs is 1. The van der Waals surface area contributed by atoms with Gasteiger partial charge in [0.25, 0.3) is 5.56 Å². The highest BCUT2D eigenvalue weighted by atomic mass is 32.2. The molecule has 2 heterocycles. The Kier molecular flexibility index (Phi) is 3.85. The molecule has 8 heteroatoms. The first-order chi connectivity index (χ1) is 10.9. The van der Waals surface area contributed by atoms with Gasteiger partial charge >= 0.3 is 6.18 Å². The first kappa shape index (κ1) is 15.5. The van der Waals surface area contributed by atoms with Crippen LogP contribution in [0.1, 0.15) is 5.56 Å². The number of rotatable bonds is 2. The minimum Gasteiger partial charge on any atom is -0.269 e. The molecule has 0 aliphatic carbocycles. The molecule has 0 fully saturated rings. The van der Waals surface area contributed by atoms with E-state index in [9.17, 15) is 18.0 Å². The molecule has 0 atom stereocenters. The minimum absolute atomic E-state index is 0.147. The molecule has 0 N–H and O–H groups in total. The predicted octanol–water partition coefficient (Wildman–Crippen LogP) is 3.52. The maximum absolute atomic E-state index is 13.3. The van der Waals surface area contributed by atoms with Crippen LogP contribution in [0.5, 0.6) is 0 Å². The largest absolute Gasteiger partial charge is 0.418 e. The normalized spacial score (nSPS) is 11.8. The Hall–Kier alpha value is -2.35. The zero-order chi connectivity index (χ0) is 16.6. The summed E-state index contributed by atoms with van der Waals surface area (Å²) in [5, 5.41) is 0.862. The molecule has 0 saturated heterocycles. The fourth-order valence-corrected chi connectivity index (χ4v) is 2.58. The maximum atomic E-state index is 13.3. The van der Waals surface area contributed by atoms with E-state index in [0.717, 1.165) is 10.6 Å². The summed E-state index contributed by atoms with van der Waals surface area (Å²) in [6.45, 7) is 0. The van der Waals surface area contributed by atoms with E-state index in [-0.39, 0.29) is 11.3 Å². The lowest BCUT2D eigenvalue weighted by Crippen LogP contribution is -2.22. The van der Waals surface area contributed by atoms with Gasteiger partial charge in [-0.05, 0) is 24.5 Å². The van der Waals surface area contributed by atoms with Crippen LogP contribution in [0.3, 0.4) is 0 Å². The molecule has 0 radical (unpaired) electrons. The molecule has 23 heavy (non-hydrogen) atoms. The molecule has 0 amide bonds. The van der Waals surface area contributed by atoms with Crippen LogP contribution in [0, 0.1) is 0 Å². The van der Waals surface area contributed by atoms with Crippen LogP contribution in [0.25, 0.3) is 16.7 Å². The molecule has 0 aliphatic rings. The Morgan fingerprint density at radius 1 is 1.13 bits per heavy atom. The number of benzene rings is 1. The Labute approximate surface area is 133 Å². The molecule has 2 aromatic heterocycles. The minimum atomic E-state index is -4.58. The van der Waals surface area contributed by atoms with Crippen LogP contribution >= 0.6 is 11.8 Å². The van der Waals surface area contributed by atoms with Gasteiger partial charge in [0.15, 0.2) is 10.8 Å². The van der Waals surface area contributed by atoms with Crippen molar-refractivity contribution in [1.29, 1.82) is 0 Å². The van der Waals surface area contributed by atoms with E-state index in [1.54, 1.807) is 6.26 Å². The van der Waals surface area contributed by atoms with Crippen molar-refractivity contribution < 1.29 is 13.2 Å². The van der Waals surface area contributed by atoms with Gasteiger partial charge in [-0.15, -0.1) is 0 Å². The zero-order valence-corrected chi connectivity index (χ0v) is 12.6. The summed E-state index contributed by atoms with van der Waals surface area (Å²) in [5.41, 5.74) is -1.58. The lowest BCUT2D eigenvalue weighted by Gasteiger charge is -2.15. The third-order valence-corrected chi connectivity index (χ3v) is 3.81. The lowest BCUT2D eigenvalue weighted by molar-refractivity contribution is -0.137. The molecule has 0 spiro atoms. The predicted molar refractivity (Wildman–Crippen MR) is 81.9 cm³/mol. The number of pyridine rings is 1. The second-order valence-electron chi connectivity index (χ2n) is 4.66. The van der Waals surface area contributed by atoms with Crippen molar-refractivity contribution in [1.82, 2.24) is 14.5 Å². The number of nitrogens with zero attached hydrogens (tertiary/aromatic N) is 3. The van der Waals surface area contributed by atoms with E-state index in [2.05, 4.69) is 9.97 Å². The average Bonchev–Trinajstić information content (AvgIpc) is 2.53. The molecule has 4 nitrogen and oxygen atoms in total. The van der Waals surface area contributed by atoms with Gasteiger partial charge in [-0.2, -0.15) is 13.2 Å². The highest BCUT2D eigenvalue weighted by Crippen LogP contribution is 2.34. The first-order valence-corrected chi connectivity index (χ1v) is 7.73. The van der Waals surface area contributed by atoms with Crippen molar-refractivity contribution in [3.8, 4) is 5.69 Å². The van der Waals surface area contributed by atoms with Crippen LogP contribution < -0.4 is 5.56 Å². The number of para-hydroxylation sites is 1. The summed E-state index contributed by atoms with van der Waals surface area (Å²) in [6, 6.07) is 7.63. The van der Waals surface area contributed by atoms with Crippen molar-refractivity contribution >= 4 is 22.8 Å². The fraction of sp³-hybridized carbons (Fsp3) is 0.133. The molecule has 0 aliphatic heterocycles. The Bertz CT molecular complexity index is 937. The van der Waals surface area contributed by atoms with Crippen molar-refractivity contribution in [3.63, 3.8) is 0 Å². The third kappa shape index (κ3) is 2.81.